The van der Waals surface area contributed by atoms with Crippen LogP contribution in [0.4, 0.5) is 0 Å². The molecule has 54 atom stereocenters. The Morgan fingerprint density at radius 2 is 0.514 bits per heavy atom. The third-order valence-electron chi connectivity index (χ3n) is 25.0. The summed E-state index contributed by atoms with van der Waals surface area (Å²) in [5.74, 6) is -5.81. The van der Waals surface area contributed by atoms with Gasteiger partial charge in [0, 0.05) is 41.5 Å². The van der Waals surface area contributed by atoms with Gasteiger partial charge in [-0.2, -0.15) is 0 Å². The Morgan fingerprint density at radius 1 is 0.243 bits per heavy atom. The lowest BCUT2D eigenvalue weighted by Gasteiger charge is -2.51. The number of nitrogens with one attached hydrogen (secondary N) is 6. The molecule has 0 aromatic rings. The third-order valence-corrected chi connectivity index (χ3v) is 25.0. The largest absolute Gasteiger partial charge is 0.394 e. The fraction of sp³-hybridized carbons (Fsp3) is 0.923. The highest BCUT2D eigenvalue weighted by molar-refractivity contribution is 5.75. The van der Waals surface area contributed by atoms with Gasteiger partial charge in [-0.05, 0) is 0 Å². The predicted octanol–water partition coefficient (Wildman–Crippen LogP) is -24.5. The van der Waals surface area contributed by atoms with Crippen molar-refractivity contribution < 1.29 is 277 Å². The minimum Gasteiger partial charge on any atom is -0.394 e. The summed E-state index contributed by atoms with van der Waals surface area (Å²) < 4.78 is 121. The van der Waals surface area contributed by atoms with E-state index in [1.165, 1.54) is 0 Å². The van der Waals surface area contributed by atoms with Gasteiger partial charge in [0.2, 0.25) is 35.4 Å². The standard InChI is InChI=1S/C78H132N6O56/c1-19(95)79-25(7-85)42(102)61(26(101)8-86)133-72-40(83-23(5)99)52(112)64(33(15-93)128-72)137-76-60(120)66(138-78-68(140-71-38(81-21(3)97)50(110)44(104)28(10-88)124-71)59(119)65(34(16-94)130-78)134-70-37(80-20(2)96)49(109)43(103)27(9-87)123-70)48(108)36(131-76)18-122-77-67(139-73-41(84-24(6)100)53(113)63(32(14-92)129-73)136-75-58(118)55(115)46(106)30(12-90)126-75)56(116)47(107)35(132-77)17-121-69-39(82-22(4)98)51(111)62(31(13-91)127-69)135-74-57(117)54(114)45(105)29(11-89)125-74/h25-78,85-94,101-120H,7-18H2,1-6H3,(H,79,95)(H,80,96)(H,81,97)(H,82,98)(H,83,99)(H,84,100)/t25-,26+,27+,28+,29+,30+,31+,32+,33+,34+,35+,36+,37+,38+,39+,40+,41+,42+,43+,44+,45-,46-,47+,48+,49+,50+,51+,52+,53+,54-,55-,56-,57+,58+,59-,60-,61+,62+,63+,64+,65+,66-,67-,68-,69+,70-,71-,72-,73-,74-,75-,76-,77-,78+/m0/s1. The molecule has 0 unspecified atom stereocenters. The molecule has 0 saturated carbocycles. The van der Waals surface area contributed by atoms with E-state index in [1.807, 2.05) is 0 Å². The fourth-order valence-electron chi connectivity index (χ4n) is 17.7. The van der Waals surface area contributed by atoms with Crippen molar-refractivity contribution in [3.05, 3.63) is 0 Å². The maximum Gasteiger partial charge on any atom is 0.217 e. The van der Waals surface area contributed by atoms with E-state index < -0.39 is 446 Å². The zero-order valence-corrected chi connectivity index (χ0v) is 75.7. The van der Waals surface area contributed by atoms with Crippen LogP contribution in [0.2, 0.25) is 0 Å². The van der Waals surface area contributed by atoms with E-state index in [-0.39, 0.29) is 0 Å². The number of hydrogen-bond acceptors (Lipinski definition) is 56. The molecule has 10 rings (SSSR count). The van der Waals surface area contributed by atoms with Crippen LogP contribution in [0.5, 0.6) is 0 Å². The zero-order valence-electron chi connectivity index (χ0n) is 75.7. The first kappa shape index (κ1) is 117. The molecule has 6 amide bonds. The van der Waals surface area contributed by atoms with Crippen molar-refractivity contribution in [1.29, 1.82) is 0 Å². The number of amides is 6. The Kier molecular flexibility index (Phi) is 43.5. The Bertz CT molecular complexity index is 3860. The monoisotopic (exact) mass is 2050 g/mol. The summed E-state index contributed by atoms with van der Waals surface area (Å²) >= 11 is 0. The second-order valence-corrected chi connectivity index (χ2v) is 35.1. The Hall–Kier alpha value is -5.18. The van der Waals surface area contributed by atoms with Crippen LogP contribution in [0.25, 0.3) is 0 Å². The highest BCUT2D eigenvalue weighted by Gasteiger charge is 2.63. The number of carbonyl (C=O) groups excluding carboxylic acids is 6. The quantitative estimate of drug-likeness (QED) is 0.0270. The van der Waals surface area contributed by atoms with E-state index in [4.69, 9.17) is 94.7 Å². The Labute approximate surface area is 793 Å². The number of aliphatic hydroxyl groups excluding tert-OH is 30. The molecule has 0 radical (unpaired) electrons. The molecule has 0 aromatic heterocycles. The van der Waals surface area contributed by atoms with E-state index in [1.54, 1.807) is 0 Å². The summed E-state index contributed by atoms with van der Waals surface area (Å²) in [5, 5.41) is 353. The molecule has 36 N–H and O–H groups in total. The second kappa shape index (κ2) is 52.1. The van der Waals surface area contributed by atoms with Gasteiger partial charge >= 0.3 is 0 Å². The van der Waals surface area contributed by atoms with Gasteiger partial charge < -0.3 is 280 Å². The highest BCUT2D eigenvalue weighted by Crippen LogP contribution is 2.42. The summed E-state index contributed by atoms with van der Waals surface area (Å²) in [6, 6.07) is -11.6. The first-order valence-electron chi connectivity index (χ1n) is 44.5. The van der Waals surface area contributed by atoms with E-state index in [0.29, 0.717) is 0 Å². The smallest absolute Gasteiger partial charge is 0.217 e. The SMILES string of the molecule is CC(=O)N[C@H]1[C@H](O[C@@H]([C@H](O)[C@H](CO)NC(C)=O)[C@H](O)CO)O[C@H](CO)[C@@H](O[C@@H]2O[C@H](CO[C@H]3O[C@H](CO[C@@H]4O[C@H](CO)[C@@H](O[C@@H]5O[C@H](CO)[C@H](O)[C@H](O)[C@H]5O)[C@H](O)[C@H]4NC(C)=O)[C@@H](O)[C@H](O)[C@@H]3O[C@@H]3O[C@H](CO)[C@@H](O[C@@H]4O[C@H](CO)[C@H](O)[C@H](O)[C@H]4O)[C@H](O)[C@H]3NC(C)=O)[C@@H](O)[C@H](O[C@H]3O[C@H](CO)[C@@H](O[C@@H]4O[C@H](CO)[C@@H](O)[C@H](O)[C@H]4NC(C)=O)[C@H](O)[C@@H]3O[C@@H]3O[C@H](CO)[C@@H](O)[C@H](O)[C@H]3NC(C)=O)[C@@H]2O)[C@@H]1O. The number of carbonyl (C=O) groups is 6. The van der Waals surface area contributed by atoms with Gasteiger partial charge in [0.25, 0.3) is 0 Å². The van der Waals surface area contributed by atoms with Gasteiger partial charge in [-0.15, -0.1) is 0 Å². The molecule has 62 heteroatoms. The summed E-state index contributed by atoms with van der Waals surface area (Å²) in [6.45, 7) is -8.72. The molecule has 0 spiro atoms. The molecule has 0 bridgehead atoms. The van der Waals surface area contributed by atoms with Gasteiger partial charge in [0.1, 0.15) is 262 Å². The normalized spacial score (nSPS) is 45.7. The molecule has 10 saturated heterocycles. The van der Waals surface area contributed by atoms with Crippen molar-refractivity contribution in [2.24, 2.45) is 0 Å². The molecule has 0 aromatic carbocycles. The molecule has 10 aliphatic heterocycles. The molecule has 62 nitrogen and oxygen atoms in total. The molecule has 10 heterocycles. The topological polar surface area (TPSA) is 966 Å². The number of aliphatic hydroxyl groups is 30. The van der Waals surface area contributed by atoms with Crippen molar-refractivity contribution in [1.82, 2.24) is 31.9 Å². The van der Waals surface area contributed by atoms with Crippen molar-refractivity contribution in [2.45, 2.75) is 373 Å². The van der Waals surface area contributed by atoms with E-state index >= 15 is 0 Å². The second-order valence-electron chi connectivity index (χ2n) is 35.1. The van der Waals surface area contributed by atoms with Crippen molar-refractivity contribution in [2.75, 3.05) is 79.3 Å². The maximum absolute atomic E-state index is 13.3. The van der Waals surface area contributed by atoms with Crippen LogP contribution >= 0.6 is 0 Å². The number of rotatable bonds is 41. The molecule has 810 valence electrons. The molecule has 10 fully saturated rings. The lowest BCUT2D eigenvalue weighted by molar-refractivity contribution is -0.403. The van der Waals surface area contributed by atoms with Gasteiger partial charge in [0.05, 0.1) is 85.3 Å². The van der Waals surface area contributed by atoms with Crippen LogP contribution in [0, 0.1) is 0 Å². The molecule has 10 aliphatic rings. The van der Waals surface area contributed by atoms with E-state index in [9.17, 15) is 182 Å². The molecular weight excluding hydrogens is 1920 g/mol. The molecular formula is C78H132N6O56. The average molecular weight is 2050 g/mol. The number of hydrogen-bond donors (Lipinski definition) is 36. The summed E-state index contributed by atoms with van der Waals surface area (Å²) in [5.41, 5.74) is 0. The summed E-state index contributed by atoms with van der Waals surface area (Å²) in [4.78, 5) is 77.4. The summed E-state index contributed by atoms with van der Waals surface area (Å²) in [7, 11) is 0. The van der Waals surface area contributed by atoms with E-state index in [2.05, 4.69) is 31.9 Å². The van der Waals surface area contributed by atoms with E-state index in [0.717, 1.165) is 41.5 Å². The highest BCUT2D eigenvalue weighted by atomic mass is 16.8. The van der Waals surface area contributed by atoms with Crippen molar-refractivity contribution >= 4 is 35.4 Å². The first-order chi connectivity index (χ1) is 66.2. The lowest BCUT2D eigenvalue weighted by Crippen LogP contribution is -2.71. The van der Waals surface area contributed by atoms with Crippen LogP contribution < -0.4 is 31.9 Å². The Morgan fingerprint density at radius 3 is 0.893 bits per heavy atom. The number of ether oxygens (including phenoxy) is 20. The van der Waals surface area contributed by atoms with Crippen LogP contribution in [-0.2, 0) is 124 Å². The van der Waals surface area contributed by atoms with Crippen molar-refractivity contribution in [3.63, 3.8) is 0 Å². The van der Waals surface area contributed by atoms with Gasteiger partial charge in [0.15, 0.2) is 62.9 Å². The van der Waals surface area contributed by atoms with Crippen molar-refractivity contribution in [3.8, 4) is 0 Å². The molecule has 140 heavy (non-hydrogen) atoms. The zero-order chi connectivity index (χ0) is 104. The maximum atomic E-state index is 13.3. The van der Waals surface area contributed by atoms with Crippen LogP contribution in [0.1, 0.15) is 41.5 Å². The summed E-state index contributed by atoms with van der Waals surface area (Å²) in [6.07, 6.45) is -106. The fourth-order valence-corrected chi connectivity index (χ4v) is 17.7. The third kappa shape index (κ3) is 26.9. The molecule has 0 aliphatic carbocycles. The Balaban J connectivity index is 1.07. The first-order valence-corrected chi connectivity index (χ1v) is 44.5. The van der Waals surface area contributed by atoms with Crippen LogP contribution in [0.15, 0.2) is 0 Å². The predicted molar refractivity (Wildman–Crippen MR) is 434 cm³/mol. The lowest BCUT2D eigenvalue weighted by atomic mass is 9.94. The van der Waals surface area contributed by atoms with Gasteiger partial charge in [-0.1, -0.05) is 0 Å². The van der Waals surface area contributed by atoms with Gasteiger partial charge in [-0.3, -0.25) is 28.8 Å². The minimum absolute atomic E-state index is 0.860. The van der Waals surface area contributed by atoms with Crippen LogP contribution in [0.3, 0.4) is 0 Å². The average Bonchev–Trinajstić information content (AvgIpc) is 0.721. The van der Waals surface area contributed by atoms with Crippen LogP contribution in [-0.4, -0.2) is 599 Å². The minimum atomic E-state index is -2.77. The van der Waals surface area contributed by atoms with Gasteiger partial charge in [-0.25, -0.2) is 0 Å².